The standard InChI is InChI=1S/C15H18FN5O2S/c1-24(22,23)21-10-8-20(9-11-21)15-17-7-6-14(19-15)18-13-5-3-2-4-12(13)16/h2-7H,8-11H2,1H3,(H-,17,18,19,22,23). The molecular weight excluding hydrogens is 333 g/mol. The minimum Gasteiger partial charge on any atom is -0.598 e. The number of aromatic nitrogens is 2. The van der Waals surface area contributed by atoms with Gasteiger partial charge in [-0.1, -0.05) is 16.3 Å². The zero-order chi connectivity index (χ0) is 17.2. The maximum absolute atomic E-state index is 13.7. The molecule has 3 rings (SSSR count). The van der Waals surface area contributed by atoms with Crippen molar-refractivity contribution in [2.45, 2.75) is 0 Å². The first-order valence-electron chi connectivity index (χ1n) is 7.48. The van der Waals surface area contributed by atoms with Crippen molar-refractivity contribution in [3.8, 4) is 0 Å². The third kappa shape index (κ3) is 3.86. The summed E-state index contributed by atoms with van der Waals surface area (Å²) < 4.78 is 38.2. The normalized spacial score (nSPS) is 18.2. The average molecular weight is 351 g/mol. The number of nitrogens with zero attached hydrogens (tertiary/aromatic N) is 4. The Morgan fingerprint density at radius 2 is 1.92 bits per heavy atom. The van der Waals surface area contributed by atoms with E-state index in [0.29, 0.717) is 43.6 Å². The molecule has 0 radical (unpaired) electrons. The zero-order valence-corrected chi connectivity index (χ0v) is 14.0. The molecule has 1 fully saturated rings. The van der Waals surface area contributed by atoms with E-state index in [4.69, 9.17) is 0 Å². The van der Waals surface area contributed by atoms with Crippen molar-refractivity contribution >= 4 is 27.9 Å². The molecule has 128 valence electrons. The molecule has 1 N–H and O–H groups in total. The fourth-order valence-corrected chi connectivity index (χ4v) is 3.32. The summed E-state index contributed by atoms with van der Waals surface area (Å²) in [5.74, 6) is 0.611. The molecule has 1 saturated heterocycles. The molecule has 9 heteroatoms. The number of nitrogens with one attached hydrogen (secondary N) is 1. The fourth-order valence-electron chi connectivity index (χ4n) is 2.49. The fraction of sp³-hybridized carbons (Fsp3) is 0.333. The van der Waals surface area contributed by atoms with Crippen LogP contribution in [0.4, 0.5) is 21.8 Å². The van der Waals surface area contributed by atoms with Crippen molar-refractivity contribution in [2.24, 2.45) is 0 Å². The summed E-state index contributed by atoms with van der Waals surface area (Å²) in [7, 11) is -3.17. The van der Waals surface area contributed by atoms with Crippen LogP contribution < -0.4 is 10.2 Å². The second kappa shape index (κ2) is 6.80. The summed E-state index contributed by atoms with van der Waals surface area (Å²) in [5.41, 5.74) is 0.337. The van der Waals surface area contributed by atoms with Gasteiger partial charge in [0.2, 0.25) is 5.95 Å². The summed E-state index contributed by atoms with van der Waals surface area (Å²) in [6.45, 7) is 1.81. The van der Waals surface area contributed by atoms with Crippen molar-refractivity contribution in [3.63, 3.8) is 0 Å². The van der Waals surface area contributed by atoms with E-state index < -0.39 is 10.4 Å². The lowest BCUT2D eigenvalue weighted by Crippen LogP contribution is -2.50. The molecule has 2 heterocycles. The lowest BCUT2D eigenvalue weighted by Gasteiger charge is -2.34. The van der Waals surface area contributed by atoms with Gasteiger partial charge < -0.3 is 14.8 Å². The summed E-state index contributed by atoms with van der Waals surface area (Å²) in [4.78, 5) is 10.5. The summed E-state index contributed by atoms with van der Waals surface area (Å²) in [5, 5.41) is 2.93. The van der Waals surface area contributed by atoms with Crippen LogP contribution in [0.5, 0.6) is 0 Å². The molecule has 0 aliphatic carbocycles. The molecule has 1 aliphatic rings. The summed E-state index contributed by atoms with van der Waals surface area (Å²) in [6.07, 6.45) is 2.80. The highest BCUT2D eigenvalue weighted by Gasteiger charge is 2.28. The van der Waals surface area contributed by atoms with Crippen LogP contribution in [-0.4, -0.2) is 51.3 Å². The van der Waals surface area contributed by atoms with Crippen LogP contribution in [0, 0.1) is 5.82 Å². The van der Waals surface area contributed by atoms with E-state index >= 15 is 0 Å². The van der Waals surface area contributed by atoms with Crippen LogP contribution in [0.3, 0.4) is 0 Å². The van der Waals surface area contributed by atoms with E-state index in [-0.39, 0.29) is 5.82 Å². The SMILES string of the molecule is C[S+](=O)([O-])N1CCN(c2nccc(Nc3ccccc3F)n2)CC1. The van der Waals surface area contributed by atoms with Gasteiger partial charge in [-0.3, -0.25) is 0 Å². The lowest BCUT2D eigenvalue weighted by molar-refractivity contribution is 0.341. The first kappa shape index (κ1) is 16.7. The number of sulfonamides is 1. The molecule has 2 aromatic rings. The van der Waals surface area contributed by atoms with E-state index in [0.717, 1.165) is 0 Å². The topological polar surface area (TPSA) is 84.4 Å². The lowest BCUT2D eigenvalue weighted by atomic mass is 10.3. The Morgan fingerprint density at radius 1 is 1.21 bits per heavy atom. The second-order valence-electron chi connectivity index (χ2n) is 5.50. The Morgan fingerprint density at radius 3 is 2.58 bits per heavy atom. The monoisotopic (exact) mass is 351 g/mol. The molecule has 24 heavy (non-hydrogen) atoms. The predicted octanol–water partition coefficient (Wildman–Crippen LogP) is 1.66. The molecular formula is C15H18FN5O2S. The highest BCUT2D eigenvalue weighted by Crippen LogP contribution is 2.20. The van der Waals surface area contributed by atoms with Gasteiger partial charge in [0.05, 0.1) is 18.8 Å². The minimum absolute atomic E-state index is 0.337. The maximum atomic E-state index is 13.7. The molecule has 0 saturated carbocycles. The smallest absolute Gasteiger partial charge is 0.227 e. The van der Waals surface area contributed by atoms with Gasteiger partial charge >= 0.3 is 0 Å². The van der Waals surface area contributed by atoms with Crippen molar-refractivity contribution in [3.05, 3.63) is 42.3 Å². The van der Waals surface area contributed by atoms with Gasteiger partial charge in [-0.05, 0) is 18.2 Å². The first-order valence-corrected chi connectivity index (χ1v) is 9.33. The van der Waals surface area contributed by atoms with Crippen molar-refractivity contribution in [1.82, 2.24) is 14.3 Å². The van der Waals surface area contributed by atoms with Crippen LogP contribution >= 0.6 is 0 Å². The van der Waals surface area contributed by atoms with E-state index in [1.807, 2.05) is 4.90 Å². The third-order valence-corrected chi connectivity index (χ3v) is 5.07. The van der Waals surface area contributed by atoms with Crippen LogP contribution in [0.2, 0.25) is 0 Å². The minimum atomic E-state index is -3.17. The van der Waals surface area contributed by atoms with Crippen molar-refractivity contribution in [2.75, 3.05) is 42.7 Å². The van der Waals surface area contributed by atoms with E-state index in [1.54, 1.807) is 30.5 Å². The van der Waals surface area contributed by atoms with E-state index in [2.05, 4.69) is 15.3 Å². The third-order valence-electron chi connectivity index (χ3n) is 3.77. The summed E-state index contributed by atoms with van der Waals surface area (Å²) in [6, 6.07) is 8.00. The molecule has 1 atom stereocenters. The van der Waals surface area contributed by atoms with E-state index in [1.165, 1.54) is 16.6 Å². The number of piperazine rings is 1. The second-order valence-corrected chi connectivity index (χ2v) is 7.48. The van der Waals surface area contributed by atoms with Crippen LogP contribution in [0.1, 0.15) is 0 Å². The van der Waals surface area contributed by atoms with Gasteiger partial charge in [-0.15, -0.1) is 4.31 Å². The number of hydrogen-bond donors (Lipinski definition) is 1. The Bertz CT molecular complexity index is 761. The molecule has 0 bridgehead atoms. The quantitative estimate of drug-likeness (QED) is 0.844. The highest BCUT2D eigenvalue weighted by atomic mass is 32.3. The highest BCUT2D eigenvalue weighted by molar-refractivity contribution is 7.94. The molecule has 1 aromatic heterocycles. The van der Waals surface area contributed by atoms with Gasteiger partial charge in [0.25, 0.3) is 0 Å². The van der Waals surface area contributed by atoms with E-state index in [9.17, 15) is 13.2 Å². The van der Waals surface area contributed by atoms with Gasteiger partial charge in [0, 0.05) is 19.3 Å². The average Bonchev–Trinajstić information content (AvgIpc) is 2.57. The molecule has 0 amide bonds. The molecule has 7 nitrogen and oxygen atoms in total. The Hall–Kier alpha value is -2.10. The first-order chi connectivity index (χ1) is 11.4. The number of hydrogen-bond acceptors (Lipinski definition) is 6. The Labute approximate surface area is 140 Å². The number of anilines is 3. The molecule has 1 unspecified atom stereocenters. The molecule has 1 aliphatic heterocycles. The number of halogens is 1. The zero-order valence-electron chi connectivity index (χ0n) is 13.2. The predicted molar refractivity (Wildman–Crippen MR) is 90.3 cm³/mol. The Kier molecular flexibility index (Phi) is 4.74. The number of rotatable bonds is 4. The van der Waals surface area contributed by atoms with Gasteiger partial charge in [0.15, 0.2) is 0 Å². The van der Waals surface area contributed by atoms with Crippen LogP contribution in [0.25, 0.3) is 0 Å². The van der Waals surface area contributed by atoms with Crippen LogP contribution in [0.15, 0.2) is 36.5 Å². The van der Waals surface area contributed by atoms with Gasteiger partial charge in [0.1, 0.15) is 28.3 Å². The number of para-hydroxylation sites is 1. The largest absolute Gasteiger partial charge is 0.598 e. The summed E-state index contributed by atoms with van der Waals surface area (Å²) >= 11 is 0. The van der Waals surface area contributed by atoms with Crippen molar-refractivity contribution in [1.29, 1.82) is 0 Å². The maximum Gasteiger partial charge on any atom is 0.227 e. The Balaban J connectivity index is 1.70. The van der Waals surface area contributed by atoms with Gasteiger partial charge in [-0.25, -0.2) is 9.37 Å². The number of benzene rings is 1. The molecule has 0 spiro atoms. The molecule has 1 aromatic carbocycles. The van der Waals surface area contributed by atoms with Gasteiger partial charge in [-0.2, -0.15) is 4.98 Å². The van der Waals surface area contributed by atoms with Crippen LogP contribution in [-0.2, 0) is 14.6 Å². The van der Waals surface area contributed by atoms with Crippen molar-refractivity contribution < 1.29 is 13.2 Å².